The van der Waals surface area contributed by atoms with Gasteiger partial charge < -0.3 is 14.5 Å². The molecule has 9 heteroatoms. The number of amides is 2. The first-order valence-corrected chi connectivity index (χ1v) is 9.02. The highest BCUT2D eigenvalue weighted by atomic mass is 19.3. The van der Waals surface area contributed by atoms with Crippen molar-refractivity contribution >= 4 is 23.2 Å². The number of hydrogen-bond acceptors (Lipinski definition) is 4. The number of hydrogen-bond donors (Lipinski definition) is 0. The molecule has 0 radical (unpaired) electrons. The van der Waals surface area contributed by atoms with Crippen LogP contribution in [0.25, 0.3) is 11.1 Å². The van der Waals surface area contributed by atoms with Crippen molar-refractivity contribution in [2.75, 3.05) is 29.6 Å². The lowest BCUT2D eigenvalue weighted by molar-refractivity contribution is -0.129. The summed E-state index contributed by atoms with van der Waals surface area (Å²) in [4.78, 5) is 26.8. The number of anilines is 2. The molecule has 2 aromatic rings. The quantitative estimate of drug-likeness (QED) is 0.808. The Bertz CT molecular complexity index is 926. The summed E-state index contributed by atoms with van der Waals surface area (Å²) in [5, 5.41) is 4.34. The van der Waals surface area contributed by atoms with Crippen LogP contribution in [0.3, 0.4) is 0 Å². The fourth-order valence-corrected chi connectivity index (χ4v) is 3.67. The zero-order valence-electron chi connectivity index (χ0n) is 15.5. The minimum absolute atomic E-state index is 0.0118. The molecule has 4 rings (SSSR count). The smallest absolute Gasteiger partial charge is 0.316 e. The van der Waals surface area contributed by atoms with Crippen molar-refractivity contribution in [3.8, 4) is 11.1 Å². The highest BCUT2D eigenvalue weighted by Gasteiger charge is 2.36. The molecule has 0 N–H and O–H groups in total. The molecule has 1 fully saturated rings. The topological polar surface area (TPSA) is 67.7 Å². The van der Waals surface area contributed by atoms with Gasteiger partial charge in [0, 0.05) is 25.2 Å². The van der Waals surface area contributed by atoms with E-state index < -0.39 is 18.4 Å². The summed E-state index contributed by atoms with van der Waals surface area (Å²) in [5.74, 6) is -1.47. The van der Waals surface area contributed by atoms with E-state index in [0.29, 0.717) is 24.6 Å². The predicted molar refractivity (Wildman–Crippen MR) is 98.5 cm³/mol. The van der Waals surface area contributed by atoms with E-state index in [1.54, 1.807) is 31.3 Å². The van der Waals surface area contributed by atoms with Gasteiger partial charge in [-0.2, -0.15) is 13.9 Å². The third-order valence-electron chi connectivity index (χ3n) is 5.13. The second-order valence-corrected chi connectivity index (χ2v) is 7.09. The molecule has 2 aliphatic rings. The van der Waals surface area contributed by atoms with Gasteiger partial charge in [0.25, 0.3) is 5.91 Å². The third kappa shape index (κ3) is 3.05. The number of ether oxygens (including phenoxy) is 1. The summed E-state index contributed by atoms with van der Waals surface area (Å²) in [6.07, 6.45) is 0.435. The van der Waals surface area contributed by atoms with Gasteiger partial charge in [-0.1, -0.05) is 6.07 Å². The van der Waals surface area contributed by atoms with Gasteiger partial charge in [-0.05, 0) is 24.6 Å². The van der Waals surface area contributed by atoms with Crippen molar-refractivity contribution in [3.05, 3.63) is 30.6 Å². The molecule has 1 aromatic carbocycles. The van der Waals surface area contributed by atoms with E-state index in [9.17, 15) is 18.4 Å². The van der Waals surface area contributed by atoms with Gasteiger partial charge in [-0.15, -0.1) is 0 Å². The highest BCUT2D eigenvalue weighted by molar-refractivity contribution is 6.05. The van der Waals surface area contributed by atoms with Crippen LogP contribution in [0.4, 0.5) is 20.2 Å². The Labute approximate surface area is 160 Å². The lowest BCUT2D eigenvalue weighted by atomic mass is 10.0. The number of nitrogens with zero attached hydrogens (tertiary/aromatic N) is 4. The Kier molecular flexibility index (Phi) is 4.62. The van der Waals surface area contributed by atoms with Crippen LogP contribution in [0.2, 0.25) is 0 Å². The van der Waals surface area contributed by atoms with Gasteiger partial charge in [0.1, 0.15) is 0 Å². The minimum Gasteiger partial charge on any atom is -0.377 e. The first kappa shape index (κ1) is 18.5. The summed E-state index contributed by atoms with van der Waals surface area (Å²) >= 11 is 0. The molecular weight excluding hydrogens is 370 g/mol. The maximum Gasteiger partial charge on any atom is 0.316 e. The van der Waals surface area contributed by atoms with Crippen LogP contribution < -0.4 is 9.80 Å². The van der Waals surface area contributed by atoms with Crippen LogP contribution >= 0.6 is 0 Å². The molecule has 0 unspecified atom stereocenters. The largest absolute Gasteiger partial charge is 0.377 e. The number of fused-ring (bicyclic) bond motifs is 1. The van der Waals surface area contributed by atoms with Gasteiger partial charge in [0.05, 0.1) is 42.9 Å². The highest BCUT2D eigenvalue weighted by Crippen LogP contribution is 2.39. The van der Waals surface area contributed by atoms with E-state index in [2.05, 4.69) is 5.10 Å². The Morgan fingerprint density at radius 3 is 2.57 bits per heavy atom. The van der Waals surface area contributed by atoms with E-state index in [4.69, 9.17) is 4.74 Å². The molecule has 0 aliphatic carbocycles. The normalized spacial score (nSPS) is 19.5. The molecular formula is C19H20F2N4O3. The van der Waals surface area contributed by atoms with Gasteiger partial charge in [0.2, 0.25) is 5.91 Å². The van der Waals surface area contributed by atoms with Gasteiger partial charge in [-0.3, -0.25) is 14.3 Å². The van der Waals surface area contributed by atoms with E-state index in [1.165, 1.54) is 11.8 Å². The molecule has 0 saturated carbocycles. The van der Waals surface area contributed by atoms with Crippen molar-refractivity contribution in [1.29, 1.82) is 0 Å². The average Bonchev–Trinajstić information content (AvgIpc) is 3.07. The number of halogens is 2. The number of carbonyl (C=O) groups is 2. The van der Waals surface area contributed by atoms with Crippen LogP contribution in [0.5, 0.6) is 0 Å². The Morgan fingerprint density at radius 1 is 1.21 bits per heavy atom. The first-order chi connectivity index (χ1) is 13.4. The molecule has 2 amide bonds. The lowest BCUT2D eigenvalue weighted by Gasteiger charge is -2.40. The summed E-state index contributed by atoms with van der Waals surface area (Å²) in [6, 6.07) is 4.95. The van der Waals surface area contributed by atoms with E-state index in [1.807, 2.05) is 10.9 Å². The number of aromatic nitrogens is 2. The molecule has 1 atom stereocenters. The molecule has 1 aromatic heterocycles. The fraction of sp³-hybridized carbons (Fsp3) is 0.421. The summed E-state index contributed by atoms with van der Waals surface area (Å²) in [7, 11) is 0. The van der Waals surface area contributed by atoms with Crippen molar-refractivity contribution in [2.45, 2.75) is 32.4 Å². The van der Waals surface area contributed by atoms with Gasteiger partial charge in [-0.25, -0.2) is 0 Å². The predicted octanol–water partition coefficient (Wildman–Crippen LogP) is 2.47. The molecule has 2 aliphatic heterocycles. The number of benzene rings is 1. The van der Waals surface area contributed by atoms with E-state index in [0.717, 1.165) is 16.0 Å². The Morgan fingerprint density at radius 2 is 1.96 bits per heavy atom. The summed E-state index contributed by atoms with van der Waals surface area (Å²) in [5.41, 5.74) is 2.28. The van der Waals surface area contributed by atoms with Gasteiger partial charge >= 0.3 is 6.43 Å². The van der Waals surface area contributed by atoms with Crippen LogP contribution in [0, 0.1) is 0 Å². The fourth-order valence-electron chi connectivity index (χ4n) is 3.67. The van der Waals surface area contributed by atoms with Crippen molar-refractivity contribution in [3.63, 3.8) is 0 Å². The van der Waals surface area contributed by atoms with Crippen molar-refractivity contribution in [1.82, 2.24) is 9.78 Å². The zero-order valence-corrected chi connectivity index (χ0v) is 15.5. The molecule has 7 nitrogen and oxygen atoms in total. The maximum absolute atomic E-state index is 13.2. The SMILES string of the molecule is CC(=O)N1c2ccc(-c3cnn(C4COC4)c3)cc2N(C(=O)C(F)F)C[C@@H]1C. The number of alkyl halides is 2. The van der Waals surface area contributed by atoms with Crippen LogP contribution in [0.15, 0.2) is 30.6 Å². The second-order valence-electron chi connectivity index (χ2n) is 7.09. The molecule has 0 bridgehead atoms. The van der Waals surface area contributed by atoms with Crippen molar-refractivity contribution < 1.29 is 23.1 Å². The Balaban J connectivity index is 1.76. The van der Waals surface area contributed by atoms with E-state index >= 15 is 0 Å². The lowest BCUT2D eigenvalue weighted by Crippen LogP contribution is -2.52. The van der Waals surface area contributed by atoms with Crippen LogP contribution in [-0.4, -0.2) is 53.8 Å². The average molecular weight is 390 g/mol. The number of carbonyl (C=O) groups excluding carboxylic acids is 2. The standard InChI is InChI=1S/C19H20F2N4O3/c1-11-7-23(19(27)18(20)21)17-5-13(3-4-16(17)25(11)12(2)26)14-6-22-24(8-14)15-9-28-10-15/h3-6,8,11,15,18H,7,9-10H2,1-2H3/t11-/m0/s1. The third-order valence-corrected chi connectivity index (χ3v) is 5.13. The monoisotopic (exact) mass is 390 g/mol. The van der Waals surface area contributed by atoms with Crippen LogP contribution in [0.1, 0.15) is 19.9 Å². The number of rotatable bonds is 3. The minimum atomic E-state index is -3.12. The van der Waals surface area contributed by atoms with Crippen LogP contribution in [-0.2, 0) is 14.3 Å². The summed E-state index contributed by atoms with van der Waals surface area (Å²) < 4.78 is 33.3. The Hall–Kier alpha value is -2.81. The molecule has 148 valence electrons. The molecule has 3 heterocycles. The molecule has 0 spiro atoms. The zero-order chi connectivity index (χ0) is 20.0. The van der Waals surface area contributed by atoms with Gasteiger partial charge in [0.15, 0.2) is 0 Å². The maximum atomic E-state index is 13.2. The van der Waals surface area contributed by atoms with E-state index in [-0.39, 0.29) is 18.5 Å². The molecule has 1 saturated heterocycles. The second kappa shape index (κ2) is 6.97. The summed E-state index contributed by atoms with van der Waals surface area (Å²) in [6.45, 7) is 4.37. The van der Waals surface area contributed by atoms with Crippen molar-refractivity contribution in [2.24, 2.45) is 0 Å². The first-order valence-electron chi connectivity index (χ1n) is 9.02. The molecule has 28 heavy (non-hydrogen) atoms.